The van der Waals surface area contributed by atoms with Crippen LogP contribution in [0.15, 0.2) is 0 Å². The zero-order valence-electron chi connectivity index (χ0n) is 12.8. The molecule has 7 heteroatoms. The van der Waals surface area contributed by atoms with Crippen molar-refractivity contribution in [2.75, 3.05) is 37.7 Å². The Morgan fingerprint density at radius 3 is 2.76 bits per heavy atom. The zero-order valence-corrected chi connectivity index (χ0v) is 13.6. The molecule has 0 spiro atoms. The maximum absolute atomic E-state index is 12.2. The molecule has 1 amide bonds. The third-order valence-electron chi connectivity index (χ3n) is 5.45. The molecule has 3 atom stereocenters. The average molecular weight is 315 g/mol. The second-order valence-electron chi connectivity index (χ2n) is 7.23. The Labute approximate surface area is 126 Å². The molecule has 0 aromatic carbocycles. The zero-order chi connectivity index (χ0) is 15.3. The topological polar surface area (TPSA) is 78.5 Å². The Bertz CT molecular complexity index is 532. The molecule has 3 rings (SSSR count). The molecule has 0 aliphatic carbocycles. The Balaban J connectivity index is 1.56. The van der Waals surface area contributed by atoms with Gasteiger partial charge in [-0.2, -0.15) is 0 Å². The van der Waals surface area contributed by atoms with Gasteiger partial charge in [-0.05, 0) is 38.6 Å². The molecule has 3 saturated heterocycles. The molecule has 0 bridgehead atoms. The molecule has 3 aliphatic heterocycles. The number of nitrogens with zero attached hydrogens (tertiary/aromatic N) is 1. The lowest BCUT2D eigenvalue weighted by Crippen LogP contribution is -2.50. The van der Waals surface area contributed by atoms with E-state index in [9.17, 15) is 13.2 Å². The first-order chi connectivity index (χ1) is 9.78. The van der Waals surface area contributed by atoms with Crippen molar-refractivity contribution in [3.05, 3.63) is 0 Å². The first kappa shape index (κ1) is 15.2. The van der Waals surface area contributed by atoms with Crippen LogP contribution in [0, 0.1) is 11.8 Å². The van der Waals surface area contributed by atoms with E-state index < -0.39 is 9.84 Å². The van der Waals surface area contributed by atoms with Crippen LogP contribution in [-0.2, 0) is 14.6 Å². The molecule has 0 saturated carbocycles. The largest absolute Gasteiger partial charge is 0.351 e. The second kappa shape index (κ2) is 5.21. The lowest BCUT2D eigenvalue weighted by molar-refractivity contribution is -0.123. The first-order valence-corrected chi connectivity index (χ1v) is 9.55. The molecular formula is C14H25N3O3S. The van der Waals surface area contributed by atoms with Gasteiger partial charge in [-0.3, -0.25) is 9.69 Å². The van der Waals surface area contributed by atoms with Gasteiger partial charge in [0.2, 0.25) is 5.91 Å². The number of hydrogen-bond acceptors (Lipinski definition) is 5. The molecule has 0 aromatic heterocycles. The lowest BCUT2D eigenvalue weighted by Gasteiger charge is -2.35. The minimum absolute atomic E-state index is 0.0211. The number of rotatable bonds is 3. The number of likely N-dealkylation sites (tertiary alicyclic amines) is 1. The van der Waals surface area contributed by atoms with Gasteiger partial charge >= 0.3 is 0 Å². The number of hydrogen-bond donors (Lipinski definition) is 2. The van der Waals surface area contributed by atoms with Gasteiger partial charge in [-0.1, -0.05) is 0 Å². The average Bonchev–Trinajstić information content (AvgIpc) is 2.99. The fourth-order valence-corrected chi connectivity index (χ4v) is 5.80. The molecule has 21 heavy (non-hydrogen) atoms. The van der Waals surface area contributed by atoms with E-state index in [2.05, 4.69) is 29.4 Å². The molecule has 3 aliphatic rings. The van der Waals surface area contributed by atoms with Crippen LogP contribution >= 0.6 is 0 Å². The third-order valence-corrected chi connectivity index (χ3v) is 7.22. The summed E-state index contributed by atoms with van der Waals surface area (Å²) < 4.78 is 22.9. The Kier molecular flexibility index (Phi) is 3.78. The molecular weight excluding hydrogens is 290 g/mol. The van der Waals surface area contributed by atoms with Crippen molar-refractivity contribution in [3.63, 3.8) is 0 Å². The standard InChI is InChI=1S/C14H25N3O3S/c1-14(2)12-6-15-5-10(12)7-17(14)8-13(18)16-11-3-4-21(19,20)9-11/h10-12,15H,3-9H2,1-2H3,(H,16,18). The van der Waals surface area contributed by atoms with Gasteiger partial charge in [0.15, 0.2) is 9.84 Å². The predicted molar refractivity (Wildman–Crippen MR) is 80.7 cm³/mol. The minimum atomic E-state index is -2.94. The van der Waals surface area contributed by atoms with E-state index >= 15 is 0 Å². The van der Waals surface area contributed by atoms with Gasteiger partial charge in [0.25, 0.3) is 0 Å². The Morgan fingerprint density at radius 2 is 2.14 bits per heavy atom. The monoisotopic (exact) mass is 315 g/mol. The number of carbonyl (C=O) groups excluding carboxylic acids is 1. The van der Waals surface area contributed by atoms with Crippen LogP contribution in [0.4, 0.5) is 0 Å². The number of sulfone groups is 1. The molecule has 0 aromatic rings. The molecule has 120 valence electrons. The van der Waals surface area contributed by atoms with Crippen LogP contribution in [0.1, 0.15) is 20.3 Å². The normalized spacial score (nSPS) is 37.5. The number of nitrogens with one attached hydrogen (secondary N) is 2. The SMILES string of the molecule is CC1(C)C2CNCC2CN1CC(=O)NC1CCS(=O)(=O)C1. The summed E-state index contributed by atoms with van der Waals surface area (Å²) in [6.07, 6.45) is 0.548. The second-order valence-corrected chi connectivity index (χ2v) is 9.46. The molecule has 6 nitrogen and oxygen atoms in total. The van der Waals surface area contributed by atoms with Crippen molar-refractivity contribution in [3.8, 4) is 0 Å². The Morgan fingerprint density at radius 1 is 1.38 bits per heavy atom. The summed E-state index contributed by atoms with van der Waals surface area (Å²) in [5.74, 6) is 1.47. The van der Waals surface area contributed by atoms with Crippen molar-refractivity contribution in [2.45, 2.75) is 31.8 Å². The highest BCUT2D eigenvalue weighted by Crippen LogP contribution is 2.40. The van der Waals surface area contributed by atoms with Crippen LogP contribution in [0.2, 0.25) is 0 Å². The number of amides is 1. The van der Waals surface area contributed by atoms with E-state index in [0.717, 1.165) is 19.6 Å². The fourth-order valence-electron chi connectivity index (χ4n) is 4.13. The van der Waals surface area contributed by atoms with E-state index in [1.807, 2.05) is 0 Å². The summed E-state index contributed by atoms with van der Waals surface area (Å²) >= 11 is 0. The van der Waals surface area contributed by atoms with E-state index in [4.69, 9.17) is 0 Å². The highest BCUT2D eigenvalue weighted by Gasteiger charge is 2.49. The van der Waals surface area contributed by atoms with Gasteiger partial charge in [-0.25, -0.2) is 8.42 Å². The molecule has 3 fully saturated rings. The van der Waals surface area contributed by atoms with E-state index in [-0.39, 0.29) is 29.0 Å². The fraction of sp³-hybridized carbons (Fsp3) is 0.929. The molecule has 3 heterocycles. The smallest absolute Gasteiger partial charge is 0.234 e. The van der Waals surface area contributed by atoms with Crippen molar-refractivity contribution < 1.29 is 13.2 Å². The van der Waals surface area contributed by atoms with Gasteiger partial charge in [0.05, 0.1) is 18.1 Å². The van der Waals surface area contributed by atoms with E-state index in [0.29, 0.717) is 24.8 Å². The highest BCUT2D eigenvalue weighted by atomic mass is 32.2. The number of fused-ring (bicyclic) bond motifs is 1. The van der Waals surface area contributed by atoms with Gasteiger partial charge in [0.1, 0.15) is 0 Å². The lowest BCUT2D eigenvalue weighted by atomic mass is 9.85. The van der Waals surface area contributed by atoms with Gasteiger partial charge < -0.3 is 10.6 Å². The summed E-state index contributed by atoms with van der Waals surface area (Å²) in [7, 11) is -2.94. The summed E-state index contributed by atoms with van der Waals surface area (Å²) in [5.41, 5.74) is 0.0211. The maximum atomic E-state index is 12.2. The van der Waals surface area contributed by atoms with Crippen molar-refractivity contribution in [2.24, 2.45) is 11.8 Å². The van der Waals surface area contributed by atoms with Crippen molar-refractivity contribution >= 4 is 15.7 Å². The summed E-state index contributed by atoms with van der Waals surface area (Å²) in [4.78, 5) is 14.5. The van der Waals surface area contributed by atoms with E-state index in [1.54, 1.807) is 0 Å². The van der Waals surface area contributed by atoms with Gasteiger partial charge in [-0.15, -0.1) is 0 Å². The van der Waals surface area contributed by atoms with Crippen LogP contribution in [0.25, 0.3) is 0 Å². The maximum Gasteiger partial charge on any atom is 0.234 e. The van der Waals surface area contributed by atoms with Gasteiger partial charge in [0, 0.05) is 24.7 Å². The first-order valence-electron chi connectivity index (χ1n) is 7.73. The summed E-state index contributed by atoms with van der Waals surface area (Å²) in [6, 6.07) is -0.200. The van der Waals surface area contributed by atoms with Crippen molar-refractivity contribution in [1.82, 2.24) is 15.5 Å². The predicted octanol–water partition coefficient (Wildman–Crippen LogP) is -0.780. The van der Waals surface area contributed by atoms with E-state index in [1.165, 1.54) is 0 Å². The Hall–Kier alpha value is -0.660. The quantitative estimate of drug-likeness (QED) is 0.714. The summed E-state index contributed by atoms with van der Waals surface area (Å²) in [6.45, 7) is 7.79. The van der Waals surface area contributed by atoms with Crippen LogP contribution in [0.5, 0.6) is 0 Å². The number of carbonyl (C=O) groups is 1. The highest BCUT2D eigenvalue weighted by molar-refractivity contribution is 7.91. The molecule has 2 N–H and O–H groups in total. The van der Waals surface area contributed by atoms with Crippen molar-refractivity contribution in [1.29, 1.82) is 0 Å². The third kappa shape index (κ3) is 2.96. The van der Waals surface area contributed by atoms with Crippen LogP contribution in [-0.4, -0.2) is 68.5 Å². The van der Waals surface area contributed by atoms with Crippen LogP contribution < -0.4 is 10.6 Å². The molecule has 3 unspecified atom stereocenters. The summed E-state index contributed by atoms with van der Waals surface area (Å²) in [5, 5.41) is 6.32. The van der Waals surface area contributed by atoms with Crippen LogP contribution in [0.3, 0.4) is 0 Å². The molecule has 0 radical (unpaired) electrons. The minimum Gasteiger partial charge on any atom is -0.351 e.